The first-order valence-corrected chi connectivity index (χ1v) is 9.62. The van der Waals surface area contributed by atoms with Crippen LogP contribution in [0.2, 0.25) is 0 Å². The largest absolute Gasteiger partial charge is 0.452 e. The Hall–Kier alpha value is -3.21. The number of benzene rings is 2. The Bertz CT molecular complexity index is 995. The molecule has 5 heteroatoms. The Balaban J connectivity index is 1.56. The van der Waals surface area contributed by atoms with Crippen LogP contribution in [0.5, 0.6) is 0 Å². The molecule has 142 valence electrons. The maximum atomic E-state index is 12.8. The fourth-order valence-electron chi connectivity index (χ4n) is 3.65. The van der Waals surface area contributed by atoms with Gasteiger partial charge in [-0.1, -0.05) is 61.4 Å². The molecule has 4 rings (SSSR count). The van der Waals surface area contributed by atoms with E-state index in [-0.39, 0.29) is 18.6 Å². The van der Waals surface area contributed by atoms with Crippen LogP contribution in [0.4, 0.5) is 0 Å². The highest BCUT2D eigenvalue weighted by Gasteiger charge is 2.19. The number of amides is 1. The van der Waals surface area contributed by atoms with Gasteiger partial charge in [-0.15, -0.1) is 0 Å². The molecule has 0 atom stereocenters. The summed E-state index contributed by atoms with van der Waals surface area (Å²) in [7, 11) is 0. The summed E-state index contributed by atoms with van der Waals surface area (Å²) in [5, 5.41) is 3.64. The molecule has 0 saturated heterocycles. The number of rotatable bonds is 5. The standard InChI is InChI=1S/C23H22N2O3/c26-22(24-17-10-4-5-11-17)15-28-23(27)19-14-21(16-8-2-1-3-9-16)25-20-13-7-6-12-18(19)20/h1-3,6-9,12-14,17H,4-5,10-11,15H2,(H,24,26). The summed E-state index contributed by atoms with van der Waals surface area (Å²) < 4.78 is 5.32. The summed E-state index contributed by atoms with van der Waals surface area (Å²) in [5.74, 6) is -0.765. The topological polar surface area (TPSA) is 68.3 Å². The molecule has 1 fully saturated rings. The summed E-state index contributed by atoms with van der Waals surface area (Å²) in [5.41, 5.74) is 2.74. The molecule has 0 aliphatic heterocycles. The van der Waals surface area contributed by atoms with E-state index in [1.807, 2.05) is 54.6 Å². The maximum Gasteiger partial charge on any atom is 0.339 e. The highest BCUT2D eigenvalue weighted by molar-refractivity contribution is 6.05. The van der Waals surface area contributed by atoms with Gasteiger partial charge in [0.1, 0.15) is 0 Å². The Labute approximate surface area is 163 Å². The molecule has 1 aliphatic carbocycles. The first-order chi connectivity index (χ1) is 13.7. The highest BCUT2D eigenvalue weighted by Crippen LogP contribution is 2.25. The van der Waals surface area contributed by atoms with Crippen LogP contribution < -0.4 is 5.32 Å². The number of pyridine rings is 1. The number of aromatic nitrogens is 1. The normalized spacial score (nSPS) is 14.1. The third kappa shape index (κ3) is 4.03. The minimum atomic E-state index is -0.516. The zero-order chi connectivity index (χ0) is 19.3. The lowest BCUT2D eigenvalue weighted by Crippen LogP contribution is -2.35. The van der Waals surface area contributed by atoms with Crippen molar-refractivity contribution in [1.29, 1.82) is 0 Å². The molecule has 1 heterocycles. The van der Waals surface area contributed by atoms with Crippen molar-refractivity contribution < 1.29 is 14.3 Å². The van der Waals surface area contributed by atoms with E-state index in [0.29, 0.717) is 22.2 Å². The van der Waals surface area contributed by atoms with Gasteiger partial charge in [-0.25, -0.2) is 9.78 Å². The summed E-state index contributed by atoms with van der Waals surface area (Å²) in [6.45, 7) is -0.271. The number of hydrogen-bond donors (Lipinski definition) is 1. The van der Waals surface area contributed by atoms with Gasteiger partial charge in [0.15, 0.2) is 6.61 Å². The van der Waals surface area contributed by atoms with E-state index >= 15 is 0 Å². The molecule has 0 spiro atoms. The number of ether oxygens (including phenoxy) is 1. The number of carbonyl (C=O) groups is 2. The van der Waals surface area contributed by atoms with Crippen LogP contribution in [0.25, 0.3) is 22.2 Å². The van der Waals surface area contributed by atoms with Gasteiger partial charge in [0.2, 0.25) is 0 Å². The Morgan fingerprint density at radius 1 is 1.00 bits per heavy atom. The minimum Gasteiger partial charge on any atom is -0.452 e. The number of hydrogen-bond acceptors (Lipinski definition) is 4. The van der Waals surface area contributed by atoms with Crippen LogP contribution >= 0.6 is 0 Å². The van der Waals surface area contributed by atoms with Crippen molar-refractivity contribution >= 4 is 22.8 Å². The summed E-state index contributed by atoms with van der Waals surface area (Å²) in [6.07, 6.45) is 4.26. The van der Waals surface area contributed by atoms with Crippen LogP contribution in [0.15, 0.2) is 60.7 Å². The van der Waals surface area contributed by atoms with Crippen molar-refractivity contribution in [2.75, 3.05) is 6.61 Å². The van der Waals surface area contributed by atoms with Crippen LogP contribution in [0.3, 0.4) is 0 Å². The van der Waals surface area contributed by atoms with Crippen LogP contribution in [0.1, 0.15) is 36.0 Å². The first kappa shape index (κ1) is 18.2. The summed E-state index contributed by atoms with van der Waals surface area (Å²) in [6, 6.07) is 19.1. The zero-order valence-electron chi connectivity index (χ0n) is 15.6. The molecule has 1 aliphatic rings. The van der Waals surface area contributed by atoms with Crippen molar-refractivity contribution in [1.82, 2.24) is 10.3 Å². The van der Waals surface area contributed by atoms with E-state index in [0.717, 1.165) is 31.2 Å². The summed E-state index contributed by atoms with van der Waals surface area (Å²) >= 11 is 0. The van der Waals surface area contributed by atoms with Crippen molar-refractivity contribution in [3.63, 3.8) is 0 Å². The third-order valence-electron chi connectivity index (χ3n) is 5.06. The average Bonchev–Trinajstić information content (AvgIpc) is 3.25. The van der Waals surface area contributed by atoms with E-state index in [1.54, 1.807) is 6.07 Å². The smallest absolute Gasteiger partial charge is 0.339 e. The number of fused-ring (bicyclic) bond motifs is 1. The highest BCUT2D eigenvalue weighted by atomic mass is 16.5. The van der Waals surface area contributed by atoms with Gasteiger partial charge in [0.25, 0.3) is 5.91 Å². The van der Waals surface area contributed by atoms with Gasteiger partial charge < -0.3 is 10.1 Å². The van der Waals surface area contributed by atoms with Gasteiger partial charge in [-0.05, 0) is 25.0 Å². The van der Waals surface area contributed by atoms with Gasteiger partial charge in [0.05, 0.1) is 16.8 Å². The number of carbonyl (C=O) groups excluding carboxylic acids is 2. The van der Waals surface area contributed by atoms with Crippen molar-refractivity contribution in [2.45, 2.75) is 31.7 Å². The zero-order valence-corrected chi connectivity index (χ0v) is 15.6. The number of nitrogens with zero attached hydrogens (tertiary/aromatic N) is 1. The Morgan fingerprint density at radius 3 is 2.50 bits per heavy atom. The van der Waals surface area contributed by atoms with E-state index < -0.39 is 5.97 Å². The number of esters is 1. The molecule has 3 aromatic rings. The van der Waals surface area contributed by atoms with E-state index in [4.69, 9.17) is 4.74 Å². The Kier molecular flexibility index (Phi) is 5.33. The number of nitrogens with one attached hydrogen (secondary N) is 1. The van der Waals surface area contributed by atoms with Gasteiger partial charge in [-0.3, -0.25) is 4.79 Å². The van der Waals surface area contributed by atoms with Gasteiger partial charge >= 0.3 is 5.97 Å². The SMILES string of the molecule is O=C(COC(=O)c1cc(-c2ccccc2)nc2ccccc12)NC1CCCC1. The molecule has 1 N–H and O–H groups in total. The number of para-hydroxylation sites is 1. The molecule has 0 bridgehead atoms. The lowest BCUT2D eigenvalue weighted by atomic mass is 10.0. The fourth-order valence-corrected chi connectivity index (χ4v) is 3.65. The fraction of sp³-hybridized carbons (Fsp3) is 0.261. The Morgan fingerprint density at radius 2 is 1.71 bits per heavy atom. The second-order valence-electron chi connectivity index (χ2n) is 7.06. The quantitative estimate of drug-likeness (QED) is 0.682. The van der Waals surface area contributed by atoms with E-state index in [2.05, 4.69) is 10.3 Å². The molecule has 0 unspecified atom stereocenters. The molecular weight excluding hydrogens is 352 g/mol. The average molecular weight is 374 g/mol. The lowest BCUT2D eigenvalue weighted by Gasteiger charge is -2.13. The molecule has 1 aromatic heterocycles. The van der Waals surface area contributed by atoms with E-state index in [9.17, 15) is 9.59 Å². The molecular formula is C23H22N2O3. The first-order valence-electron chi connectivity index (χ1n) is 9.62. The third-order valence-corrected chi connectivity index (χ3v) is 5.06. The van der Waals surface area contributed by atoms with Crippen LogP contribution in [-0.2, 0) is 9.53 Å². The second-order valence-corrected chi connectivity index (χ2v) is 7.06. The van der Waals surface area contributed by atoms with E-state index in [1.165, 1.54) is 0 Å². The van der Waals surface area contributed by atoms with Crippen molar-refractivity contribution in [3.8, 4) is 11.3 Å². The van der Waals surface area contributed by atoms with Crippen LogP contribution in [-0.4, -0.2) is 29.5 Å². The predicted octanol–water partition coefficient (Wildman–Crippen LogP) is 4.12. The molecule has 2 aromatic carbocycles. The second kappa shape index (κ2) is 8.21. The monoisotopic (exact) mass is 374 g/mol. The maximum absolute atomic E-state index is 12.8. The van der Waals surface area contributed by atoms with Crippen molar-refractivity contribution in [3.05, 3.63) is 66.2 Å². The van der Waals surface area contributed by atoms with Gasteiger partial charge in [-0.2, -0.15) is 0 Å². The summed E-state index contributed by atoms with van der Waals surface area (Å²) in [4.78, 5) is 29.5. The van der Waals surface area contributed by atoms with Crippen LogP contribution in [0, 0.1) is 0 Å². The van der Waals surface area contributed by atoms with Crippen molar-refractivity contribution in [2.24, 2.45) is 0 Å². The molecule has 1 amide bonds. The molecule has 5 nitrogen and oxygen atoms in total. The lowest BCUT2D eigenvalue weighted by molar-refractivity contribution is -0.124. The predicted molar refractivity (Wildman–Crippen MR) is 108 cm³/mol. The molecule has 1 saturated carbocycles. The van der Waals surface area contributed by atoms with Gasteiger partial charge in [0, 0.05) is 17.0 Å². The molecule has 28 heavy (non-hydrogen) atoms. The molecule has 0 radical (unpaired) electrons. The minimum absolute atomic E-state index is 0.206.